The number of ketones is 1. The predicted octanol–water partition coefficient (Wildman–Crippen LogP) is 3.74. The highest BCUT2D eigenvalue weighted by molar-refractivity contribution is 5.85. The average molecular weight is 491 g/mol. The van der Waals surface area contributed by atoms with E-state index in [1.54, 1.807) is 0 Å². The topological polar surface area (TPSA) is 104 Å². The summed E-state index contributed by atoms with van der Waals surface area (Å²) in [6.45, 7) is 10.9. The number of rotatable bonds is 3. The lowest BCUT2D eigenvalue weighted by molar-refractivity contribution is -0.223. The lowest BCUT2D eigenvalue weighted by Gasteiger charge is -2.63. The summed E-state index contributed by atoms with van der Waals surface area (Å²) in [6, 6.07) is 0. The molecule has 0 aromatic heterocycles. The van der Waals surface area contributed by atoms with Crippen LogP contribution in [0.3, 0.4) is 0 Å². The molecule has 3 N–H and O–H groups in total. The summed E-state index contributed by atoms with van der Waals surface area (Å²) in [5.41, 5.74) is -0.440. The van der Waals surface area contributed by atoms with Crippen LogP contribution < -0.4 is 0 Å². The number of hydrogen-bond acceptors (Lipinski definition) is 6. The second-order valence-corrected chi connectivity index (χ2v) is 13.8. The molecule has 6 nitrogen and oxygen atoms in total. The van der Waals surface area contributed by atoms with Crippen molar-refractivity contribution in [3.8, 4) is 0 Å². The van der Waals surface area contributed by atoms with Gasteiger partial charge in [-0.1, -0.05) is 34.6 Å². The van der Waals surface area contributed by atoms with Crippen LogP contribution in [0, 0.1) is 58.2 Å². The number of aliphatic hydroxyl groups is 3. The Labute approximate surface area is 210 Å². The van der Waals surface area contributed by atoms with Crippen LogP contribution in [0.2, 0.25) is 0 Å². The molecule has 0 bridgehead atoms. The van der Waals surface area contributed by atoms with E-state index in [0.717, 1.165) is 32.1 Å². The summed E-state index contributed by atoms with van der Waals surface area (Å²) >= 11 is 0. The van der Waals surface area contributed by atoms with Gasteiger partial charge in [-0.3, -0.25) is 9.59 Å². The van der Waals surface area contributed by atoms with E-state index >= 15 is 0 Å². The molecule has 9 unspecified atom stereocenters. The maximum absolute atomic E-state index is 13.7. The van der Waals surface area contributed by atoms with E-state index in [0.29, 0.717) is 31.1 Å². The number of hydrogen-bond donors (Lipinski definition) is 3. The third-order valence-electron chi connectivity index (χ3n) is 12.0. The quantitative estimate of drug-likeness (QED) is 0.521. The van der Waals surface area contributed by atoms with Gasteiger partial charge in [0.25, 0.3) is 0 Å². The van der Waals surface area contributed by atoms with Gasteiger partial charge in [0.15, 0.2) is 0 Å². The fourth-order valence-electron chi connectivity index (χ4n) is 9.80. The monoisotopic (exact) mass is 490 g/mol. The maximum Gasteiger partial charge on any atom is 0.306 e. The van der Waals surface area contributed by atoms with Crippen LogP contribution in [0.5, 0.6) is 0 Å². The van der Waals surface area contributed by atoms with Gasteiger partial charge in [-0.2, -0.15) is 0 Å². The first-order chi connectivity index (χ1) is 16.4. The summed E-state index contributed by atoms with van der Waals surface area (Å²) in [7, 11) is 0. The van der Waals surface area contributed by atoms with E-state index in [1.165, 1.54) is 0 Å². The van der Waals surface area contributed by atoms with Crippen molar-refractivity contribution in [2.45, 2.75) is 110 Å². The molecule has 0 amide bonds. The van der Waals surface area contributed by atoms with Crippen molar-refractivity contribution in [2.24, 2.45) is 58.2 Å². The first-order valence-corrected chi connectivity index (χ1v) is 14.1. The highest BCUT2D eigenvalue weighted by atomic mass is 16.5. The molecule has 0 aromatic rings. The summed E-state index contributed by atoms with van der Waals surface area (Å²) in [5.74, 6) is 0.529. The molecule has 1 saturated heterocycles. The summed E-state index contributed by atoms with van der Waals surface area (Å²) in [4.78, 5) is 26.2. The van der Waals surface area contributed by atoms with Gasteiger partial charge in [0.1, 0.15) is 11.9 Å². The normalized spacial score (nSPS) is 52.9. The van der Waals surface area contributed by atoms with Crippen molar-refractivity contribution in [1.82, 2.24) is 0 Å². The molecule has 5 aliphatic rings. The molecule has 5 fully saturated rings. The van der Waals surface area contributed by atoms with Gasteiger partial charge in [0, 0.05) is 24.7 Å². The van der Waals surface area contributed by atoms with Gasteiger partial charge < -0.3 is 20.1 Å². The molecule has 4 aliphatic carbocycles. The number of aliphatic hydroxyl groups excluding tert-OH is 3. The van der Waals surface area contributed by atoms with Crippen LogP contribution in [0.15, 0.2) is 0 Å². The van der Waals surface area contributed by atoms with Crippen molar-refractivity contribution in [2.75, 3.05) is 0 Å². The van der Waals surface area contributed by atoms with Crippen molar-refractivity contribution >= 4 is 11.8 Å². The Morgan fingerprint density at radius 2 is 1.57 bits per heavy atom. The van der Waals surface area contributed by atoms with Crippen molar-refractivity contribution in [3.05, 3.63) is 0 Å². The van der Waals surface area contributed by atoms with E-state index < -0.39 is 18.3 Å². The largest absolute Gasteiger partial charge is 0.462 e. The number of carbonyl (C=O) groups is 2. The van der Waals surface area contributed by atoms with Crippen LogP contribution in [-0.4, -0.2) is 51.5 Å². The van der Waals surface area contributed by atoms with Gasteiger partial charge in [0.2, 0.25) is 0 Å². The maximum atomic E-state index is 13.7. The minimum Gasteiger partial charge on any atom is -0.462 e. The SMILES string of the molecule is CC(C)C1CC(=O)OC(C(C)C2CC(=O)C3C4C(O)[C@H](O)C5C[C@H](O)CC[C@]5(C)C4CC[C@]23C)C1. The first kappa shape index (κ1) is 25.7. The molecule has 0 aromatic carbocycles. The standard InChI is InChI=1S/C29H46O6/c1-14(2)16-10-22(35-23(32)11-16)15(3)19-13-21(31)25-24-18(7-9-29(19,25)5)28(4)8-6-17(30)12-20(28)26(33)27(24)34/h14-20,22,24-27,30,33-34H,6-13H2,1-5H3/t15?,16?,17-,18?,19?,20?,22?,24?,25?,26-,27?,28-,29-/m1/s1. The van der Waals surface area contributed by atoms with Crippen LogP contribution >= 0.6 is 0 Å². The van der Waals surface area contributed by atoms with E-state index in [2.05, 4.69) is 34.6 Å². The molecule has 13 atom stereocenters. The third kappa shape index (κ3) is 3.84. The van der Waals surface area contributed by atoms with Crippen molar-refractivity contribution in [3.63, 3.8) is 0 Å². The summed E-state index contributed by atoms with van der Waals surface area (Å²) < 4.78 is 5.88. The fraction of sp³-hybridized carbons (Fsp3) is 0.931. The molecule has 6 heteroatoms. The van der Waals surface area contributed by atoms with Crippen LogP contribution in [0.25, 0.3) is 0 Å². The van der Waals surface area contributed by atoms with Crippen molar-refractivity contribution < 1.29 is 29.6 Å². The molecule has 1 heterocycles. The van der Waals surface area contributed by atoms with E-state index in [9.17, 15) is 24.9 Å². The van der Waals surface area contributed by atoms with Gasteiger partial charge in [-0.15, -0.1) is 0 Å². The highest BCUT2D eigenvalue weighted by Crippen LogP contribution is 2.67. The minimum atomic E-state index is -0.941. The van der Waals surface area contributed by atoms with Crippen LogP contribution in [-0.2, 0) is 14.3 Å². The molecule has 35 heavy (non-hydrogen) atoms. The average Bonchev–Trinajstić information content (AvgIpc) is 3.08. The zero-order valence-electron chi connectivity index (χ0n) is 22.2. The Hall–Kier alpha value is -0.980. The molecular weight excluding hydrogens is 444 g/mol. The molecule has 1 aliphatic heterocycles. The number of fused-ring (bicyclic) bond motifs is 5. The fourth-order valence-corrected chi connectivity index (χ4v) is 9.80. The van der Waals surface area contributed by atoms with E-state index in [-0.39, 0.29) is 64.2 Å². The number of cyclic esters (lactones) is 1. The lowest BCUT2D eigenvalue weighted by atomic mass is 9.43. The molecule has 0 spiro atoms. The van der Waals surface area contributed by atoms with Gasteiger partial charge in [-0.05, 0) is 84.9 Å². The first-order valence-electron chi connectivity index (χ1n) is 14.1. The Bertz CT molecular complexity index is 856. The van der Waals surface area contributed by atoms with E-state index in [4.69, 9.17) is 4.74 Å². The number of carbonyl (C=O) groups excluding carboxylic acids is 2. The molecule has 198 valence electrons. The number of Topliss-reactive ketones (excluding diaryl/α,β-unsaturated/α-hetero) is 1. The second-order valence-electron chi connectivity index (χ2n) is 13.8. The van der Waals surface area contributed by atoms with Crippen LogP contribution in [0.1, 0.15) is 86.0 Å². The third-order valence-corrected chi connectivity index (χ3v) is 12.0. The van der Waals surface area contributed by atoms with Gasteiger partial charge >= 0.3 is 5.97 Å². The zero-order chi connectivity index (χ0) is 25.4. The van der Waals surface area contributed by atoms with Crippen molar-refractivity contribution in [1.29, 1.82) is 0 Å². The lowest BCUT2D eigenvalue weighted by Crippen LogP contribution is -2.65. The second kappa shape index (κ2) is 8.80. The number of ether oxygens (including phenoxy) is 1. The Morgan fingerprint density at radius 1 is 0.886 bits per heavy atom. The molecule has 0 radical (unpaired) electrons. The molecule has 4 saturated carbocycles. The molecule has 5 rings (SSSR count). The molecular formula is C29H46O6. The summed E-state index contributed by atoms with van der Waals surface area (Å²) in [5, 5.41) is 33.0. The smallest absolute Gasteiger partial charge is 0.306 e. The Balaban J connectivity index is 1.43. The minimum absolute atomic E-state index is 0.0785. The Kier molecular flexibility index (Phi) is 6.45. The number of esters is 1. The highest BCUT2D eigenvalue weighted by Gasteiger charge is 2.67. The summed E-state index contributed by atoms with van der Waals surface area (Å²) in [6.07, 6.45) is 3.28. The predicted molar refractivity (Wildman–Crippen MR) is 131 cm³/mol. The van der Waals surface area contributed by atoms with Gasteiger partial charge in [0.05, 0.1) is 18.3 Å². The zero-order valence-corrected chi connectivity index (χ0v) is 22.2. The Morgan fingerprint density at radius 3 is 2.26 bits per heavy atom. The van der Waals surface area contributed by atoms with Gasteiger partial charge in [-0.25, -0.2) is 0 Å². The van der Waals surface area contributed by atoms with Crippen LogP contribution in [0.4, 0.5) is 0 Å². The van der Waals surface area contributed by atoms with E-state index in [1.807, 2.05) is 0 Å².